The number of hydrogen-bond acceptors (Lipinski definition) is 4. The largest absolute Gasteiger partial charge is 0.493 e. The molecule has 4 rings (SSSR count). The molecule has 0 radical (unpaired) electrons. The Kier molecular flexibility index (Phi) is 7.15. The quantitative estimate of drug-likeness (QED) is 0.162. The number of carbonyl (C=O) groups is 3. The number of benzene rings is 3. The summed E-state index contributed by atoms with van der Waals surface area (Å²) in [6.45, 7) is 0.928. The van der Waals surface area contributed by atoms with E-state index in [-0.39, 0.29) is 5.78 Å². The van der Waals surface area contributed by atoms with Crippen molar-refractivity contribution in [2.45, 2.75) is 12.8 Å². The molecule has 0 aliphatic carbocycles. The molecule has 6 heteroatoms. The Bertz CT molecular complexity index is 1220. The van der Waals surface area contributed by atoms with Crippen LogP contribution in [0.2, 0.25) is 0 Å². The van der Waals surface area contributed by atoms with E-state index in [9.17, 15) is 14.4 Å². The molecule has 0 fully saturated rings. The molecular formula is C27H22BrNO4. The lowest BCUT2D eigenvalue weighted by Gasteiger charge is -2.16. The van der Waals surface area contributed by atoms with Gasteiger partial charge in [0.25, 0.3) is 11.7 Å². The number of hydrogen-bond donors (Lipinski definition) is 0. The molecule has 0 atom stereocenters. The van der Waals surface area contributed by atoms with Crippen LogP contribution in [-0.4, -0.2) is 30.6 Å². The van der Waals surface area contributed by atoms with Gasteiger partial charge in [0.15, 0.2) is 5.78 Å². The first-order valence-corrected chi connectivity index (χ1v) is 11.5. The second-order valence-corrected chi connectivity index (χ2v) is 8.52. The van der Waals surface area contributed by atoms with Crippen LogP contribution in [0, 0.1) is 0 Å². The van der Waals surface area contributed by atoms with Gasteiger partial charge in [-0.3, -0.25) is 14.4 Å². The number of nitrogens with zero attached hydrogens (tertiary/aromatic N) is 1. The molecule has 0 spiro atoms. The predicted molar refractivity (Wildman–Crippen MR) is 132 cm³/mol. The molecule has 33 heavy (non-hydrogen) atoms. The van der Waals surface area contributed by atoms with Crippen LogP contribution < -0.4 is 9.64 Å². The summed E-state index contributed by atoms with van der Waals surface area (Å²) in [6, 6.07) is 21.8. The van der Waals surface area contributed by atoms with Gasteiger partial charge in [0.2, 0.25) is 0 Å². The summed E-state index contributed by atoms with van der Waals surface area (Å²) in [5.41, 5.74) is 2.58. The Morgan fingerprint density at radius 1 is 0.909 bits per heavy atom. The highest BCUT2D eigenvalue weighted by atomic mass is 79.9. The molecule has 5 nitrogen and oxygen atoms in total. The molecule has 1 aliphatic heterocycles. The number of rotatable bonds is 9. The summed E-state index contributed by atoms with van der Waals surface area (Å²) < 4.78 is 6.86. The van der Waals surface area contributed by atoms with Gasteiger partial charge in [-0.05, 0) is 67.5 Å². The molecule has 1 aliphatic rings. The lowest BCUT2D eigenvalue weighted by Crippen LogP contribution is -2.30. The fraction of sp³-hybridized carbons (Fsp3) is 0.148. The van der Waals surface area contributed by atoms with Crippen LogP contribution in [0.4, 0.5) is 5.69 Å². The zero-order valence-corrected chi connectivity index (χ0v) is 19.5. The average Bonchev–Trinajstić information content (AvgIpc) is 3.08. The maximum Gasteiger partial charge on any atom is 0.299 e. The summed E-state index contributed by atoms with van der Waals surface area (Å²) in [7, 11) is 0. The van der Waals surface area contributed by atoms with Gasteiger partial charge in [0, 0.05) is 22.1 Å². The Balaban J connectivity index is 1.30. The molecule has 0 aromatic heterocycles. The SMILES string of the molecule is O=C(/C=C/c1ccccc1OCCCCN1C(=O)C(=O)c2ccccc21)c1ccc(Br)cc1. The van der Waals surface area contributed by atoms with Crippen molar-refractivity contribution in [2.75, 3.05) is 18.1 Å². The van der Waals surface area contributed by atoms with Gasteiger partial charge >= 0.3 is 0 Å². The van der Waals surface area contributed by atoms with Gasteiger partial charge < -0.3 is 9.64 Å². The number of fused-ring (bicyclic) bond motifs is 1. The Morgan fingerprint density at radius 3 is 2.45 bits per heavy atom. The van der Waals surface area contributed by atoms with E-state index in [2.05, 4.69) is 15.9 Å². The lowest BCUT2D eigenvalue weighted by molar-refractivity contribution is -0.114. The van der Waals surface area contributed by atoms with Crippen LogP contribution in [-0.2, 0) is 4.79 Å². The van der Waals surface area contributed by atoms with Crippen molar-refractivity contribution >= 4 is 45.2 Å². The molecule has 0 unspecified atom stereocenters. The normalized spacial score (nSPS) is 12.9. The number of carbonyl (C=O) groups excluding carboxylic acids is 3. The van der Waals surface area contributed by atoms with Crippen LogP contribution in [0.1, 0.15) is 39.1 Å². The Labute approximate surface area is 200 Å². The van der Waals surface area contributed by atoms with E-state index in [4.69, 9.17) is 4.74 Å². The highest BCUT2D eigenvalue weighted by Crippen LogP contribution is 2.28. The van der Waals surface area contributed by atoms with E-state index in [0.717, 1.165) is 16.5 Å². The van der Waals surface area contributed by atoms with Crippen LogP contribution >= 0.6 is 15.9 Å². The van der Waals surface area contributed by atoms with Gasteiger partial charge in [0.05, 0.1) is 17.9 Å². The van der Waals surface area contributed by atoms with Crippen molar-refractivity contribution < 1.29 is 19.1 Å². The third-order valence-electron chi connectivity index (χ3n) is 5.37. The summed E-state index contributed by atoms with van der Waals surface area (Å²) in [6.07, 6.45) is 4.72. The molecule has 3 aromatic carbocycles. The topological polar surface area (TPSA) is 63.7 Å². The van der Waals surface area contributed by atoms with E-state index < -0.39 is 11.7 Å². The summed E-state index contributed by atoms with van der Waals surface area (Å²) in [4.78, 5) is 38.3. The standard InChI is InChI=1S/C27H22BrNO4/c28-21-14-11-19(12-15-21)24(30)16-13-20-7-1-4-10-25(20)33-18-6-5-17-29-23-9-3-2-8-22(23)26(31)27(29)32/h1-4,7-16H,5-6,17-18H2/b16-13+. The molecule has 0 bridgehead atoms. The number of ether oxygens (including phenoxy) is 1. The van der Waals surface area contributed by atoms with E-state index >= 15 is 0 Å². The summed E-state index contributed by atoms with van der Waals surface area (Å²) in [5, 5.41) is 0. The number of amides is 1. The minimum Gasteiger partial charge on any atom is -0.493 e. The van der Waals surface area contributed by atoms with E-state index in [1.807, 2.05) is 42.5 Å². The van der Waals surface area contributed by atoms with Crippen molar-refractivity contribution in [3.8, 4) is 5.75 Å². The van der Waals surface area contributed by atoms with Crippen LogP contribution in [0.25, 0.3) is 6.08 Å². The van der Waals surface area contributed by atoms with Gasteiger partial charge in [0.1, 0.15) is 5.75 Å². The van der Waals surface area contributed by atoms with Crippen molar-refractivity contribution in [1.29, 1.82) is 0 Å². The number of allylic oxidation sites excluding steroid dienone is 1. The lowest BCUT2D eigenvalue weighted by atomic mass is 10.1. The fourth-order valence-corrected chi connectivity index (χ4v) is 3.91. The monoisotopic (exact) mass is 503 g/mol. The zero-order valence-electron chi connectivity index (χ0n) is 17.9. The van der Waals surface area contributed by atoms with Crippen molar-refractivity contribution in [3.05, 3.63) is 100 Å². The van der Waals surface area contributed by atoms with Gasteiger partial charge in [-0.15, -0.1) is 0 Å². The average molecular weight is 504 g/mol. The highest BCUT2D eigenvalue weighted by Gasteiger charge is 2.34. The minimum absolute atomic E-state index is 0.0811. The number of unbranched alkanes of at least 4 members (excludes halogenated alkanes) is 1. The number of ketones is 2. The van der Waals surface area contributed by atoms with E-state index in [0.29, 0.717) is 42.1 Å². The zero-order chi connectivity index (χ0) is 23.2. The predicted octanol–water partition coefficient (Wildman–Crippen LogP) is 5.73. The first-order chi connectivity index (χ1) is 16.0. The molecule has 1 heterocycles. The van der Waals surface area contributed by atoms with E-state index in [1.165, 1.54) is 0 Å². The number of anilines is 1. The first-order valence-electron chi connectivity index (χ1n) is 10.7. The molecular weight excluding hydrogens is 482 g/mol. The Morgan fingerprint density at radius 2 is 1.64 bits per heavy atom. The molecule has 0 N–H and O–H groups in total. The van der Waals surface area contributed by atoms with Crippen molar-refractivity contribution in [2.24, 2.45) is 0 Å². The van der Waals surface area contributed by atoms with Crippen LogP contribution in [0.5, 0.6) is 5.75 Å². The van der Waals surface area contributed by atoms with Crippen molar-refractivity contribution in [1.82, 2.24) is 0 Å². The molecule has 0 saturated heterocycles. The van der Waals surface area contributed by atoms with Gasteiger partial charge in [-0.1, -0.05) is 46.3 Å². The first kappa shape index (κ1) is 22.7. The second kappa shape index (κ2) is 10.4. The Hall–Kier alpha value is -3.51. The minimum atomic E-state index is -0.469. The number of Topliss-reactive ketones (excluding diaryl/α,β-unsaturated/α-hetero) is 1. The van der Waals surface area contributed by atoms with Crippen molar-refractivity contribution in [3.63, 3.8) is 0 Å². The number of para-hydroxylation sites is 2. The van der Waals surface area contributed by atoms with Crippen LogP contribution in [0.3, 0.4) is 0 Å². The second-order valence-electron chi connectivity index (χ2n) is 7.60. The van der Waals surface area contributed by atoms with Crippen LogP contribution in [0.15, 0.2) is 83.3 Å². The molecule has 1 amide bonds. The van der Waals surface area contributed by atoms with Gasteiger partial charge in [-0.2, -0.15) is 0 Å². The smallest absolute Gasteiger partial charge is 0.299 e. The fourth-order valence-electron chi connectivity index (χ4n) is 3.65. The maximum absolute atomic E-state index is 12.4. The number of halogens is 1. The molecule has 166 valence electrons. The maximum atomic E-state index is 12.4. The van der Waals surface area contributed by atoms with Gasteiger partial charge in [-0.25, -0.2) is 0 Å². The third kappa shape index (κ3) is 5.29. The molecule has 0 saturated carbocycles. The summed E-state index contributed by atoms with van der Waals surface area (Å²) >= 11 is 3.37. The molecule has 3 aromatic rings. The van der Waals surface area contributed by atoms with E-state index in [1.54, 1.807) is 47.4 Å². The highest BCUT2D eigenvalue weighted by molar-refractivity contribution is 9.10. The third-order valence-corrected chi connectivity index (χ3v) is 5.90. The summed E-state index contributed by atoms with van der Waals surface area (Å²) in [5.74, 6) is -0.305.